The first kappa shape index (κ1) is 26.9. The van der Waals surface area contributed by atoms with Crippen molar-refractivity contribution in [1.29, 1.82) is 0 Å². The first-order valence-corrected chi connectivity index (χ1v) is 13.4. The Morgan fingerprint density at radius 1 is 1.14 bits per heavy atom. The summed E-state index contributed by atoms with van der Waals surface area (Å²) < 4.78 is 34.9. The summed E-state index contributed by atoms with van der Waals surface area (Å²) in [6.45, 7) is 6.30. The average Bonchev–Trinajstić information content (AvgIpc) is 2.85. The maximum Gasteiger partial charge on any atom is 0.264 e. The van der Waals surface area contributed by atoms with Crippen molar-refractivity contribution >= 4 is 15.7 Å². The smallest absolute Gasteiger partial charge is 0.264 e. The molecule has 0 saturated carbocycles. The molecule has 1 amide bonds. The van der Waals surface area contributed by atoms with E-state index in [2.05, 4.69) is 4.90 Å². The van der Waals surface area contributed by atoms with Crippen molar-refractivity contribution in [2.45, 2.75) is 31.1 Å². The van der Waals surface area contributed by atoms with Gasteiger partial charge in [0.15, 0.2) is 14.6 Å². The number of morpholine rings is 1. The second kappa shape index (κ2) is 11.8. The number of rotatable bonds is 11. The third-order valence-electron chi connectivity index (χ3n) is 6.40. The van der Waals surface area contributed by atoms with Gasteiger partial charge in [0, 0.05) is 44.7 Å². The molecule has 1 atom stereocenters. The molecule has 1 saturated heterocycles. The molecule has 11 heteroatoms. The van der Waals surface area contributed by atoms with Crippen LogP contribution in [0.3, 0.4) is 0 Å². The molecule has 10 nitrogen and oxygen atoms in total. The maximum atomic E-state index is 12.6. The predicted octanol–water partition coefficient (Wildman–Crippen LogP) is 1.32. The lowest BCUT2D eigenvalue weighted by atomic mass is 10.1. The van der Waals surface area contributed by atoms with E-state index in [9.17, 15) is 18.0 Å². The molecule has 2 N–H and O–H groups in total. The van der Waals surface area contributed by atoms with Crippen molar-refractivity contribution in [1.82, 2.24) is 14.9 Å². The Kier molecular flexibility index (Phi) is 9.06. The van der Waals surface area contributed by atoms with E-state index in [1.54, 1.807) is 12.3 Å². The van der Waals surface area contributed by atoms with E-state index < -0.39 is 20.5 Å². The van der Waals surface area contributed by atoms with Gasteiger partial charge in [-0.3, -0.25) is 19.7 Å². The molecule has 2 heterocycles. The first-order valence-electron chi connectivity index (χ1n) is 11.5. The minimum Gasteiger partial charge on any atom is -0.494 e. The molecule has 3 rings (SSSR count). The van der Waals surface area contributed by atoms with Crippen LogP contribution in [0.5, 0.6) is 5.75 Å². The van der Waals surface area contributed by atoms with Gasteiger partial charge >= 0.3 is 0 Å². The Labute approximate surface area is 205 Å². The average molecular weight is 508 g/mol. The normalized spacial score (nSPS) is 16.4. The largest absolute Gasteiger partial charge is 0.494 e. The number of nitrogens with zero attached hydrogens (tertiary/aromatic N) is 2. The van der Waals surface area contributed by atoms with Crippen LogP contribution in [0.1, 0.15) is 19.8 Å². The summed E-state index contributed by atoms with van der Waals surface area (Å²) in [5, 5.41) is 8.93. The van der Waals surface area contributed by atoms with Crippen molar-refractivity contribution in [2.24, 2.45) is 0 Å². The maximum absolute atomic E-state index is 12.6. The van der Waals surface area contributed by atoms with Crippen LogP contribution in [0.2, 0.25) is 0 Å². The molecule has 0 aliphatic carbocycles. The summed E-state index contributed by atoms with van der Waals surface area (Å²) in [7, 11) is -3.84. The molecule has 0 radical (unpaired) electrons. The van der Waals surface area contributed by atoms with Gasteiger partial charge in [0.1, 0.15) is 5.75 Å². The summed E-state index contributed by atoms with van der Waals surface area (Å²) in [4.78, 5) is 26.9. The van der Waals surface area contributed by atoms with Crippen molar-refractivity contribution in [3.05, 3.63) is 52.9 Å². The Morgan fingerprint density at radius 3 is 2.43 bits per heavy atom. The highest BCUT2D eigenvalue weighted by molar-refractivity contribution is 7.92. The van der Waals surface area contributed by atoms with E-state index in [0.717, 1.165) is 56.8 Å². The van der Waals surface area contributed by atoms with Gasteiger partial charge in [0.05, 0.1) is 19.8 Å². The highest BCUT2D eigenvalue weighted by atomic mass is 32.2. The third kappa shape index (κ3) is 6.91. The second-order valence-electron chi connectivity index (χ2n) is 8.82. The van der Waals surface area contributed by atoms with Gasteiger partial charge in [-0.15, -0.1) is 0 Å². The van der Waals surface area contributed by atoms with Gasteiger partial charge < -0.3 is 14.0 Å². The molecule has 2 aromatic rings. The molecule has 192 valence electrons. The van der Waals surface area contributed by atoms with Crippen molar-refractivity contribution < 1.29 is 27.9 Å². The third-order valence-corrected chi connectivity index (χ3v) is 8.43. The molecule has 1 aliphatic heterocycles. The summed E-state index contributed by atoms with van der Waals surface area (Å²) in [6, 6.07) is 10.7. The number of hydrogen-bond donors (Lipinski definition) is 2. The molecule has 35 heavy (non-hydrogen) atoms. The standard InChI is InChI=1S/C24H33N3O7S/c1-24(23(29)25-30,35(2,31)32)9-12-27-11-8-20(18-22(27)28)19-4-6-21(7-5-19)34-15-3-10-26-13-16-33-17-14-26/h4-8,11,18,30H,3,9-10,12-17H2,1-2H3,(H,25,29). The Balaban J connectivity index is 1.57. The van der Waals surface area contributed by atoms with Crippen molar-refractivity contribution in [3.8, 4) is 16.9 Å². The zero-order chi connectivity index (χ0) is 25.5. The summed E-state index contributed by atoms with van der Waals surface area (Å²) >= 11 is 0. The van der Waals surface area contributed by atoms with E-state index in [0.29, 0.717) is 12.2 Å². The van der Waals surface area contributed by atoms with Crippen LogP contribution in [0, 0.1) is 0 Å². The number of aryl methyl sites for hydroxylation is 1. The highest BCUT2D eigenvalue weighted by Crippen LogP contribution is 2.23. The molecule has 1 aromatic heterocycles. The number of benzene rings is 1. The zero-order valence-corrected chi connectivity index (χ0v) is 20.9. The summed E-state index contributed by atoms with van der Waals surface area (Å²) in [5.41, 5.74) is 2.63. The van der Waals surface area contributed by atoms with Crippen LogP contribution in [0.25, 0.3) is 11.1 Å². The number of aromatic nitrogens is 1. The number of nitrogens with one attached hydrogen (secondary N) is 1. The van der Waals surface area contributed by atoms with Crippen molar-refractivity contribution in [2.75, 3.05) is 45.7 Å². The van der Waals surface area contributed by atoms with Gasteiger partial charge in [-0.05, 0) is 49.1 Å². The molecular formula is C24H33N3O7S. The number of sulfone groups is 1. The monoisotopic (exact) mass is 507 g/mol. The van der Waals surface area contributed by atoms with Crippen molar-refractivity contribution in [3.63, 3.8) is 0 Å². The second-order valence-corrected chi connectivity index (χ2v) is 11.3. The van der Waals surface area contributed by atoms with Crippen LogP contribution in [-0.2, 0) is 25.9 Å². The molecular weight excluding hydrogens is 474 g/mol. The van der Waals surface area contributed by atoms with Gasteiger partial charge in [0.2, 0.25) is 0 Å². The number of carbonyl (C=O) groups is 1. The van der Waals surface area contributed by atoms with E-state index >= 15 is 0 Å². The van der Waals surface area contributed by atoms with E-state index in [1.807, 2.05) is 24.3 Å². The zero-order valence-electron chi connectivity index (χ0n) is 20.1. The molecule has 1 fully saturated rings. The van der Waals surface area contributed by atoms with Crippen LogP contribution < -0.4 is 15.8 Å². The van der Waals surface area contributed by atoms with E-state index in [4.69, 9.17) is 14.7 Å². The number of carbonyl (C=O) groups excluding carboxylic acids is 1. The minimum atomic E-state index is -3.84. The van der Waals surface area contributed by atoms with Gasteiger partial charge in [-0.25, -0.2) is 13.9 Å². The number of amides is 1. The summed E-state index contributed by atoms with van der Waals surface area (Å²) in [5.74, 6) is -0.278. The quantitative estimate of drug-likeness (QED) is 0.265. The van der Waals surface area contributed by atoms with Crippen LogP contribution in [-0.4, -0.2) is 79.5 Å². The van der Waals surface area contributed by atoms with Gasteiger partial charge in [-0.1, -0.05) is 12.1 Å². The first-order chi connectivity index (χ1) is 16.6. The topological polar surface area (TPSA) is 127 Å². The minimum absolute atomic E-state index is 0.00661. The summed E-state index contributed by atoms with van der Waals surface area (Å²) in [6.07, 6.45) is 3.24. The fourth-order valence-electron chi connectivity index (χ4n) is 3.84. The number of hydroxylamine groups is 1. The lowest BCUT2D eigenvalue weighted by molar-refractivity contribution is -0.131. The van der Waals surface area contributed by atoms with E-state index in [-0.39, 0.29) is 18.5 Å². The lowest BCUT2D eigenvalue weighted by Gasteiger charge is -2.26. The van der Waals surface area contributed by atoms with E-state index in [1.165, 1.54) is 23.0 Å². The predicted molar refractivity (Wildman–Crippen MR) is 131 cm³/mol. The number of pyridine rings is 1. The number of hydrogen-bond acceptors (Lipinski definition) is 8. The molecule has 0 bridgehead atoms. The molecule has 1 aromatic carbocycles. The highest BCUT2D eigenvalue weighted by Gasteiger charge is 2.43. The number of ether oxygens (including phenoxy) is 2. The Morgan fingerprint density at radius 2 is 1.83 bits per heavy atom. The fraction of sp³-hybridized carbons (Fsp3) is 0.500. The van der Waals surface area contributed by atoms with Gasteiger partial charge in [0.25, 0.3) is 11.5 Å². The SMILES string of the molecule is CC(CCn1ccc(-c2ccc(OCCCN3CCOCC3)cc2)cc1=O)(C(=O)NO)S(C)(=O)=O. The molecule has 1 aliphatic rings. The van der Waals surface area contributed by atoms with Crippen LogP contribution >= 0.6 is 0 Å². The molecule has 0 spiro atoms. The fourth-order valence-corrected chi connectivity index (χ4v) is 4.68. The van der Waals surface area contributed by atoms with Crippen LogP contribution in [0.4, 0.5) is 0 Å². The molecule has 1 unspecified atom stereocenters. The lowest BCUT2D eigenvalue weighted by Crippen LogP contribution is -2.49. The Bertz CT molecular complexity index is 1160. The Hall–Kier alpha value is -2.73. The van der Waals surface area contributed by atoms with Crippen LogP contribution in [0.15, 0.2) is 47.4 Å². The van der Waals surface area contributed by atoms with Gasteiger partial charge in [-0.2, -0.15) is 0 Å².